The molecule has 0 spiro atoms. The van der Waals surface area contributed by atoms with Gasteiger partial charge in [-0.25, -0.2) is 13.2 Å². The summed E-state index contributed by atoms with van der Waals surface area (Å²) in [6.45, 7) is 3.47. The molecule has 1 heterocycles. The number of benzene rings is 1. The third-order valence-corrected chi connectivity index (χ3v) is 4.75. The van der Waals surface area contributed by atoms with Crippen LogP contribution in [0.4, 0.5) is 18.9 Å². The summed E-state index contributed by atoms with van der Waals surface area (Å²) in [4.78, 5) is 12.2. The SMILES string of the molecule is Cc1nnc(S[C@H](C)C(=O)Nc2ccc(F)c(F)c2F)n1C1CC1. The van der Waals surface area contributed by atoms with Crippen LogP contribution in [0.3, 0.4) is 0 Å². The summed E-state index contributed by atoms with van der Waals surface area (Å²) in [5, 5.41) is 10.4. The van der Waals surface area contributed by atoms with Crippen LogP contribution in [0.1, 0.15) is 31.6 Å². The topological polar surface area (TPSA) is 59.8 Å². The van der Waals surface area contributed by atoms with Crippen LogP contribution in [0.2, 0.25) is 0 Å². The van der Waals surface area contributed by atoms with E-state index in [2.05, 4.69) is 15.5 Å². The number of aryl methyl sites for hydroxylation is 1. The Hall–Kier alpha value is -2.03. The predicted molar refractivity (Wildman–Crippen MR) is 83.3 cm³/mol. The van der Waals surface area contributed by atoms with E-state index in [0.29, 0.717) is 11.2 Å². The molecular formula is C15H15F3N4OS. The first-order chi connectivity index (χ1) is 11.4. The van der Waals surface area contributed by atoms with Gasteiger partial charge in [0.1, 0.15) is 5.82 Å². The van der Waals surface area contributed by atoms with Crippen molar-refractivity contribution in [2.24, 2.45) is 0 Å². The number of nitrogens with one attached hydrogen (secondary N) is 1. The zero-order chi connectivity index (χ0) is 17.4. The van der Waals surface area contributed by atoms with Crippen LogP contribution in [0.5, 0.6) is 0 Å². The van der Waals surface area contributed by atoms with Crippen molar-refractivity contribution in [3.63, 3.8) is 0 Å². The molecule has 0 aliphatic heterocycles. The Bertz CT molecular complexity index is 791. The van der Waals surface area contributed by atoms with Gasteiger partial charge in [0, 0.05) is 6.04 Å². The molecule has 1 N–H and O–H groups in total. The molecule has 5 nitrogen and oxygen atoms in total. The number of carbonyl (C=O) groups is 1. The van der Waals surface area contributed by atoms with Crippen LogP contribution in [0.25, 0.3) is 0 Å². The molecule has 128 valence electrons. The minimum absolute atomic E-state index is 0.362. The Labute approximate surface area is 140 Å². The van der Waals surface area contributed by atoms with E-state index in [1.54, 1.807) is 6.92 Å². The van der Waals surface area contributed by atoms with Gasteiger partial charge in [-0.05, 0) is 38.8 Å². The van der Waals surface area contributed by atoms with Crippen molar-refractivity contribution in [2.45, 2.75) is 43.1 Å². The van der Waals surface area contributed by atoms with Gasteiger partial charge in [-0.15, -0.1) is 10.2 Å². The molecule has 1 fully saturated rings. The van der Waals surface area contributed by atoms with E-state index in [9.17, 15) is 18.0 Å². The van der Waals surface area contributed by atoms with Gasteiger partial charge in [0.05, 0.1) is 10.9 Å². The number of anilines is 1. The quantitative estimate of drug-likeness (QED) is 0.658. The van der Waals surface area contributed by atoms with Crippen molar-refractivity contribution in [2.75, 3.05) is 5.32 Å². The Morgan fingerprint density at radius 1 is 1.29 bits per heavy atom. The second-order valence-electron chi connectivity index (χ2n) is 5.60. The molecule has 1 aromatic heterocycles. The highest BCUT2D eigenvalue weighted by Crippen LogP contribution is 2.39. The molecule has 1 aromatic carbocycles. The maximum Gasteiger partial charge on any atom is 0.237 e. The highest BCUT2D eigenvalue weighted by atomic mass is 32.2. The fourth-order valence-corrected chi connectivity index (χ4v) is 3.22. The van der Waals surface area contributed by atoms with E-state index < -0.39 is 34.3 Å². The second-order valence-corrected chi connectivity index (χ2v) is 6.91. The number of thioether (sulfide) groups is 1. The standard InChI is InChI=1S/C15H15F3N4OS/c1-7(24-15-21-20-8(2)22(15)9-3-4-9)14(23)19-11-6-5-10(16)12(17)13(11)18/h5-7,9H,3-4H2,1-2H3,(H,19,23)/t7-/m1/s1. The van der Waals surface area contributed by atoms with Crippen molar-refractivity contribution in [3.05, 3.63) is 35.4 Å². The van der Waals surface area contributed by atoms with Crippen molar-refractivity contribution in [1.82, 2.24) is 14.8 Å². The highest BCUT2D eigenvalue weighted by molar-refractivity contribution is 8.00. The molecule has 1 aliphatic carbocycles. The van der Waals surface area contributed by atoms with Gasteiger partial charge >= 0.3 is 0 Å². The maximum atomic E-state index is 13.6. The molecule has 3 rings (SSSR count). The van der Waals surface area contributed by atoms with Crippen molar-refractivity contribution < 1.29 is 18.0 Å². The van der Waals surface area contributed by atoms with Crippen molar-refractivity contribution in [3.8, 4) is 0 Å². The first kappa shape index (κ1) is 16.8. The predicted octanol–water partition coefficient (Wildman–Crippen LogP) is 3.46. The normalized spacial score (nSPS) is 15.4. The van der Waals surface area contributed by atoms with Crippen molar-refractivity contribution >= 4 is 23.4 Å². The lowest BCUT2D eigenvalue weighted by atomic mass is 10.2. The Kier molecular flexibility index (Phi) is 4.53. The Balaban J connectivity index is 1.71. The summed E-state index contributed by atoms with van der Waals surface area (Å²) < 4.78 is 41.7. The minimum Gasteiger partial charge on any atom is -0.323 e. The van der Waals surface area contributed by atoms with Gasteiger partial charge in [-0.2, -0.15) is 0 Å². The number of carbonyl (C=O) groups excluding carboxylic acids is 1. The van der Waals surface area contributed by atoms with Gasteiger partial charge in [-0.3, -0.25) is 4.79 Å². The molecule has 24 heavy (non-hydrogen) atoms. The first-order valence-corrected chi connectivity index (χ1v) is 8.29. The smallest absolute Gasteiger partial charge is 0.237 e. The van der Waals surface area contributed by atoms with E-state index in [-0.39, 0.29) is 0 Å². The molecule has 0 saturated heterocycles. The molecule has 1 aliphatic rings. The number of halogens is 3. The molecule has 0 bridgehead atoms. The van der Waals surface area contributed by atoms with Crippen LogP contribution in [0.15, 0.2) is 17.3 Å². The van der Waals surface area contributed by atoms with Gasteiger partial charge in [-0.1, -0.05) is 11.8 Å². The van der Waals surface area contributed by atoms with Crippen molar-refractivity contribution in [1.29, 1.82) is 0 Å². The zero-order valence-electron chi connectivity index (χ0n) is 13.0. The molecule has 0 unspecified atom stereocenters. The average Bonchev–Trinajstić information content (AvgIpc) is 3.32. The number of hydrogen-bond donors (Lipinski definition) is 1. The third-order valence-electron chi connectivity index (χ3n) is 3.69. The van der Waals surface area contributed by atoms with Crippen LogP contribution in [-0.4, -0.2) is 25.9 Å². The summed E-state index contributed by atoms with van der Waals surface area (Å²) in [5.41, 5.74) is -0.397. The summed E-state index contributed by atoms with van der Waals surface area (Å²) in [6.07, 6.45) is 2.10. The lowest BCUT2D eigenvalue weighted by molar-refractivity contribution is -0.115. The molecule has 9 heteroatoms. The van der Waals surface area contributed by atoms with Crippen LogP contribution in [0, 0.1) is 24.4 Å². The van der Waals surface area contributed by atoms with Crippen LogP contribution in [-0.2, 0) is 4.79 Å². The highest BCUT2D eigenvalue weighted by Gasteiger charge is 2.30. The van der Waals surface area contributed by atoms with E-state index >= 15 is 0 Å². The minimum atomic E-state index is -1.61. The fourth-order valence-electron chi connectivity index (χ4n) is 2.25. The number of aromatic nitrogens is 3. The van der Waals surface area contributed by atoms with E-state index in [4.69, 9.17) is 0 Å². The second kappa shape index (κ2) is 6.46. The van der Waals surface area contributed by atoms with Gasteiger partial charge in [0.15, 0.2) is 22.6 Å². The Morgan fingerprint density at radius 3 is 2.67 bits per heavy atom. The number of rotatable bonds is 5. The largest absolute Gasteiger partial charge is 0.323 e. The zero-order valence-corrected chi connectivity index (χ0v) is 13.8. The van der Waals surface area contributed by atoms with Gasteiger partial charge < -0.3 is 9.88 Å². The summed E-state index contributed by atoms with van der Waals surface area (Å²) in [6, 6.07) is 2.11. The van der Waals surface area contributed by atoms with Gasteiger partial charge in [0.2, 0.25) is 5.91 Å². The lowest BCUT2D eigenvalue weighted by Crippen LogP contribution is -2.23. The summed E-state index contributed by atoms with van der Waals surface area (Å²) >= 11 is 1.19. The van der Waals surface area contributed by atoms with Gasteiger partial charge in [0.25, 0.3) is 0 Å². The summed E-state index contributed by atoms with van der Waals surface area (Å²) in [5.74, 6) is -4.09. The van der Waals surface area contributed by atoms with Crippen LogP contribution >= 0.6 is 11.8 Å². The molecular weight excluding hydrogens is 341 g/mol. The molecule has 1 saturated carbocycles. The number of nitrogens with zero attached hydrogens (tertiary/aromatic N) is 3. The first-order valence-electron chi connectivity index (χ1n) is 7.41. The number of amides is 1. The number of hydrogen-bond acceptors (Lipinski definition) is 4. The van der Waals surface area contributed by atoms with Crippen LogP contribution < -0.4 is 5.32 Å². The van der Waals surface area contributed by atoms with E-state index in [1.165, 1.54) is 11.8 Å². The van der Waals surface area contributed by atoms with E-state index in [0.717, 1.165) is 30.8 Å². The fraction of sp³-hybridized carbons (Fsp3) is 0.400. The molecule has 0 radical (unpaired) electrons. The molecule has 1 amide bonds. The third kappa shape index (κ3) is 3.26. The summed E-state index contributed by atoms with van der Waals surface area (Å²) in [7, 11) is 0. The van der Waals surface area contributed by atoms with E-state index in [1.807, 2.05) is 11.5 Å². The monoisotopic (exact) mass is 356 g/mol. The lowest BCUT2D eigenvalue weighted by Gasteiger charge is -2.13. The molecule has 1 atom stereocenters. The maximum absolute atomic E-state index is 13.6. The molecule has 2 aromatic rings. The Morgan fingerprint density at radius 2 is 2.00 bits per heavy atom. The average molecular weight is 356 g/mol.